The minimum absolute atomic E-state index is 0.0977. The number of fused-ring (bicyclic) bond motifs is 10. The normalized spacial score (nSPS) is 38.3. The lowest BCUT2D eigenvalue weighted by Crippen LogP contribution is -2.62. The summed E-state index contributed by atoms with van der Waals surface area (Å²) in [6.07, 6.45) is 3.92. The van der Waals surface area contributed by atoms with Gasteiger partial charge in [-0.2, -0.15) is 0 Å². The highest BCUT2D eigenvalue weighted by molar-refractivity contribution is 7.99. The number of thioether (sulfide) groups is 1. The third kappa shape index (κ3) is 12.4. The van der Waals surface area contributed by atoms with Gasteiger partial charge in [-0.25, -0.2) is 0 Å². The molecule has 452 valence electrons. The summed E-state index contributed by atoms with van der Waals surface area (Å²) in [7, 11) is 0. The zero-order valence-electron chi connectivity index (χ0n) is 48.3. The van der Waals surface area contributed by atoms with Gasteiger partial charge in [0.25, 0.3) is 0 Å². The summed E-state index contributed by atoms with van der Waals surface area (Å²) in [5, 5.41) is 76.0. The number of hydrogen-bond acceptors (Lipinski definition) is 14. The highest BCUT2D eigenvalue weighted by Gasteiger charge is 2.64. The van der Waals surface area contributed by atoms with E-state index in [4.69, 9.17) is 0 Å². The maximum Gasteiger partial charge on any atom is 0.246 e. The van der Waals surface area contributed by atoms with Gasteiger partial charge in [-0.05, 0) is 143 Å². The quantitative estimate of drug-likeness (QED) is 0.165. The number of rotatable bonds is 9. The molecular formula is C59H87N9O13S. The second kappa shape index (κ2) is 24.3. The number of para-hydroxylation sites is 1. The van der Waals surface area contributed by atoms with Crippen LogP contribution in [0.2, 0.25) is 0 Å². The van der Waals surface area contributed by atoms with Gasteiger partial charge in [0.2, 0.25) is 47.3 Å². The highest BCUT2D eigenvalue weighted by Crippen LogP contribution is 2.68. The zero-order valence-corrected chi connectivity index (χ0v) is 49.1. The molecule has 8 amide bonds. The maximum absolute atomic E-state index is 14.9. The molecule has 1 aromatic carbocycles. The molecule has 0 radical (unpaired) electrons. The van der Waals surface area contributed by atoms with Gasteiger partial charge in [0, 0.05) is 55.4 Å². The van der Waals surface area contributed by atoms with E-state index in [1.807, 2.05) is 0 Å². The Labute approximate surface area is 483 Å². The number of aromatic nitrogens is 1. The van der Waals surface area contributed by atoms with Crippen molar-refractivity contribution in [2.24, 2.45) is 46.3 Å². The molecule has 23 heteroatoms. The number of benzene rings is 1. The fraction of sp³-hybridized carbons (Fsp3) is 0.729. The second-order valence-electron chi connectivity index (χ2n) is 26.1. The lowest BCUT2D eigenvalue weighted by atomic mass is 9.43. The first kappa shape index (κ1) is 61.2. The molecule has 0 spiro atoms. The molecule has 20 unspecified atom stereocenters. The van der Waals surface area contributed by atoms with E-state index in [9.17, 15) is 63.9 Å². The number of aliphatic hydroxyl groups is 5. The van der Waals surface area contributed by atoms with Crippen LogP contribution in [0.4, 0.5) is 0 Å². The molecule has 4 aliphatic carbocycles. The van der Waals surface area contributed by atoms with E-state index in [1.54, 1.807) is 24.3 Å². The van der Waals surface area contributed by atoms with E-state index in [0.29, 0.717) is 51.6 Å². The van der Waals surface area contributed by atoms with Gasteiger partial charge < -0.3 is 72.6 Å². The Bertz CT molecular complexity index is 2780. The molecule has 4 heterocycles. The molecule has 22 nitrogen and oxygen atoms in total. The van der Waals surface area contributed by atoms with Crippen molar-refractivity contribution in [2.75, 3.05) is 18.8 Å². The van der Waals surface area contributed by atoms with Crippen molar-refractivity contribution >= 4 is 69.9 Å². The van der Waals surface area contributed by atoms with Crippen LogP contribution >= 0.6 is 11.8 Å². The summed E-state index contributed by atoms with van der Waals surface area (Å²) in [6.45, 7) is 11.5. The van der Waals surface area contributed by atoms with Crippen molar-refractivity contribution < 1.29 is 63.9 Å². The number of nitrogens with zero attached hydrogens (tertiary/aromatic N) is 1. The first-order valence-corrected chi connectivity index (χ1v) is 30.7. The SMILES string of the molecule is CC1NC(=O)C(CC(C)(O)CNC(=O)CCC(C)C2CCC3C4CCC5CC(O)CCC5(C)C4CC(O)C23C)NC(=O)C2Cc3c([nH]c4ccccc34)SCC(NC(=O)C(C(C)O)NC1=O)C(=O)N1CC(O)CC1C(=O)NC(C)C(=O)N2. The van der Waals surface area contributed by atoms with Crippen molar-refractivity contribution in [3.05, 3.63) is 29.8 Å². The molecule has 82 heavy (non-hydrogen) atoms. The van der Waals surface area contributed by atoms with E-state index in [2.05, 4.69) is 63.0 Å². The number of amides is 8. The van der Waals surface area contributed by atoms with E-state index in [-0.39, 0.29) is 72.8 Å². The van der Waals surface area contributed by atoms with Gasteiger partial charge in [0.15, 0.2) is 0 Å². The van der Waals surface area contributed by atoms with Crippen LogP contribution in [0.3, 0.4) is 0 Å². The first-order chi connectivity index (χ1) is 38.7. The minimum Gasteiger partial charge on any atom is -0.393 e. The summed E-state index contributed by atoms with van der Waals surface area (Å²) in [4.78, 5) is 118. The molecule has 13 N–H and O–H groups in total. The van der Waals surface area contributed by atoms with Crippen LogP contribution < -0.4 is 37.2 Å². The zero-order chi connectivity index (χ0) is 59.3. The van der Waals surface area contributed by atoms with Crippen molar-refractivity contribution in [2.45, 2.75) is 209 Å². The summed E-state index contributed by atoms with van der Waals surface area (Å²) in [6, 6.07) is -3.09. The van der Waals surface area contributed by atoms with E-state index in [0.717, 1.165) is 68.0 Å². The number of aromatic amines is 1. The second-order valence-corrected chi connectivity index (χ2v) is 27.2. The van der Waals surface area contributed by atoms with Crippen LogP contribution in [-0.2, 0) is 44.8 Å². The average Bonchev–Trinajstić information content (AvgIpc) is 1.61. The Morgan fingerprint density at radius 1 is 0.793 bits per heavy atom. The molecule has 20 atom stereocenters. The lowest BCUT2D eigenvalue weighted by molar-refractivity contribution is -0.175. The standard InChI is InChI=1S/C59H87N9O13S/c1-28(38-15-16-39-36-14-13-32-20-33(70)18-19-58(32,6)40(36)23-46(72)59(38,39)7)12-17-47(73)60-27-57(5,81)24-43-52(77)61-30(3)50(75)67-48(31(4)69)54(79)65-44-26-82-55-37(35-10-8-9-11-41(35)66-55)22-42(51(76)64-43)63-49(74)29(2)62-53(78)45-21-34(71)25-68(45)56(44)80/h8-11,28-34,36,38-40,42-46,48,66,69-72,81H,12-27H2,1-7H3,(H,60,73)(H,61,77)(H,62,78)(H,63,74)(H,64,76)(H,65,79)(H,67,75). The number of carbonyl (C=O) groups excluding carboxylic acids is 8. The van der Waals surface area contributed by atoms with Gasteiger partial charge in [-0.1, -0.05) is 39.0 Å². The summed E-state index contributed by atoms with van der Waals surface area (Å²) < 4.78 is 0. The molecule has 7 aliphatic rings. The number of hydrogen-bond donors (Lipinski definition) is 13. The molecule has 5 fully saturated rings. The van der Waals surface area contributed by atoms with Crippen LogP contribution in [0.25, 0.3) is 10.9 Å². The van der Waals surface area contributed by atoms with Crippen LogP contribution in [0.15, 0.2) is 29.3 Å². The lowest BCUT2D eigenvalue weighted by Gasteiger charge is -2.62. The molecule has 4 saturated carbocycles. The van der Waals surface area contributed by atoms with Gasteiger partial charge in [-0.3, -0.25) is 38.4 Å². The number of H-pyrrole nitrogens is 1. The van der Waals surface area contributed by atoms with Crippen LogP contribution in [0.1, 0.15) is 131 Å². The fourth-order valence-corrected chi connectivity index (χ4v) is 17.0. The highest BCUT2D eigenvalue weighted by atomic mass is 32.2. The van der Waals surface area contributed by atoms with Crippen molar-refractivity contribution in [1.82, 2.24) is 47.1 Å². The summed E-state index contributed by atoms with van der Waals surface area (Å²) >= 11 is 1.09. The predicted octanol–water partition coefficient (Wildman–Crippen LogP) is 0.785. The van der Waals surface area contributed by atoms with Crippen LogP contribution in [-0.4, -0.2) is 174 Å². The van der Waals surface area contributed by atoms with E-state index in [1.165, 1.54) is 27.7 Å². The number of aliphatic hydroxyl groups excluding tert-OH is 4. The van der Waals surface area contributed by atoms with Crippen LogP contribution in [0.5, 0.6) is 0 Å². The number of carbonyl (C=O) groups is 8. The molecule has 9 rings (SSSR count). The van der Waals surface area contributed by atoms with Gasteiger partial charge in [-0.15, -0.1) is 11.8 Å². The smallest absolute Gasteiger partial charge is 0.246 e. The third-order valence-corrected chi connectivity index (χ3v) is 21.7. The molecule has 1 saturated heterocycles. The molecule has 2 aromatic rings. The maximum atomic E-state index is 14.9. The Kier molecular flexibility index (Phi) is 18.2. The largest absolute Gasteiger partial charge is 0.393 e. The molecule has 2 bridgehead atoms. The Balaban J connectivity index is 0.943. The summed E-state index contributed by atoms with van der Waals surface area (Å²) in [5.74, 6) is -4.60. The Hall–Kier alpha value is -5.33. The van der Waals surface area contributed by atoms with E-state index >= 15 is 0 Å². The predicted molar refractivity (Wildman–Crippen MR) is 303 cm³/mol. The fourth-order valence-electron chi connectivity index (χ4n) is 15.8. The molecule has 3 aliphatic heterocycles. The topological polar surface area (TPSA) is 341 Å². The monoisotopic (exact) mass is 1160 g/mol. The van der Waals surface area contributed by atoms with Gasteiger partial charge in [0.05, 0.1) is 35.0 Å². The van der Waals surface area contributed by atoms with Crippen molar-refractivity contribution in [1.29, 1.82) is 0 Å². The van der Waals surface area contributed by atoms with Crippen molar-refractivity contribution in [3.63, 3.8) is 0 Å². The Morgan fingerprint density at radius 3 is 2.22 bits per heavy atom. The van der Waals surface area contributed by atoms with E-state index < -0.39 is 114 Å². The Morgan fingerprint density at radius 2 is 1.49 bits per heavy atom. The average molecular weight is 1160 g/mol. The number of nitrogens with one attached hydrogen (secondary N) is 8. The third-order valence-electron chi connectivity index (χ3n) is 20.5. The van der Waals surface area contributed by atoms with Gasteiger partial charge in [0.1, 0.15) is 42.3 Å². The molecule has 1 aromatic heterocycles. The summed E-state index contributed by atoms with van der Waals surface area (Å²) in [5.41, 5.74) is -0.932. The van der Waals surface area contributed by atoms with Crippen LogP contribution in [0, 0.1) is 46.3 Å². The molecular weight excluding hydrogens is 1070 g/mol. The minimum atomic E-state index is -1.88. The van der Waals surface area contributed by atoms with Crippen molar-refractivity contribution in [3.8, 4) is 0 Å². The van der Waals surface area contributed by atoms with Gasteiger partial charge >= 0.3 is 0 Å². The first-order valence-electron chi connectivity index (χ1n) is 29.7.